The van der Waals surface area contributed by atoms with E-state index in [-0.39, 0.29) is 11.6 Å². The molecule has 0 bridgehead atoms. The SMILES string of the molecule is FC(F)(F)COc1ccc(Oc2cccc(C=C3CCN(c4cccnn4)CC3)c2)nc1. The maximum absolute atomic E-state index is 12.2. The summed E-state index contributed by atoms with van der Waals surface area (Å²) in [6, 6.07) is 14.3. The van der Waals surface area contributed by atoms with E-state index in [9.17, 15) is 13.2 Å². The van der Waals surface area contributed by atoms with Gasteiger partial charge in [0.05, 0.1) is 6.20 Å². The maximum atomic E-state index is 12.2. The lowest BCUT2D eigenvalue weighted by atomic mass is 10.0. The minimum atomic E-state index is -4.39. The zero-order valence-corrected chi connectivity index (χ0v) is 17.1. The Morgan fingerprint density at radius 2 is 1.84 bits per heavy atom. The molecule has 6 nitrogen and oxygen atoms in total. The van der Waals surface area contributed by atoms with E-state index in [1.54, 1.807) is 12.3 Å². The molecule has 166 valence electrons. The van der Waals surface area contributed by atoms with Crippen molar-refractivity contribution in [2.24, 2.45) is 0 Å². The third kappa shape index (κ3) is 6.19. The average Bonchev–Trinajstić information content (AvgIpc) is 2.79. The van der Waals surface area contributed by atoms with Gasteiger partial charge in [-0.1, -0.05) is 23.8 Å². The largest absolute Gasteiger partial charge is 0.483 e. The van der Waals surface area contributed by atoms with Crippen molar-refractivity contribution in [2.75, 3.05) is 24.6 Å². The van der Waals surface area contributed by atoms with E-state index >= 15 is 0 Å². The van der Waals surface area contributed by atoms with Crippen LogP contribution in [0.5, 0.6) is 17.4 Å². The summed E-state index contributed by atoms with van der Waals surface area (Å²) in [5.41, 5.74) is 2.35. The Hall–Kier alpha value is -3.62. The van der Waals surface area contributed by atoms with Crippen LogP contribution in [0.25, 0.3) is 6.08 Å². The number of benzene rings is 1. The quantitative estimate of drug-likeness (QED) is 0.517. The van der Waals surface area contributed by atoms with Crippen LogP contribution in [0.4, 0.5) is 19.0 Å². The van der Waals surface area contributed by atoms with Crippen molar-refractivity contribution in [2.45, 2.75) is 19.0 Å². The zero-order chi connectivity index (χ0) is 22.4. The molecule has 0 spiro atoms. The van der Waals surface area contributed by atoms with Crippen molar-refractivity contribution >= 4 is 11.9 Å². The van der Waals surface area contributed by atoms with E-state index in [2.05, 4.69) is 30.9 Å². The van der Waals surface area contributed by atoms with E-state index < -0.39 is 12.8 Å². The molecule has 0 unspecified atom stereocenters. The molecule has 3 aromatic rings. The molecule has 1 aliphatic rings. The highest BCUT2D eigenvalue weighted by atomic mass is 19.4. The molecule has 2 aromatic heterocycles. The number of alkyl halides is 3. The third-order valence-corrected chi connectivity index (χ3v) is 4.85. The van der Waals surface area contributed by atoms with Gasteiger partial charge in [-0.25, -0.2) is 4.98 Å². The van der Waals surface area contributed by atoms with Gasteiger partial charge in [-0.05, 0) is 48.7 Å². The molecule has 0 radical (unpaired) electrons. The fourth-order valence-electron chi connectivity index (χ4n) is 3.33. The summed E-state index contributed by atoms with van der Waals surface area (Å²) in [5, 5.41) is 8.10. The molecule has 32 heavy (non-hydrogen) atoms. The minimum Gasteiger partial charge on any atom is -0.483 e. The number of nitrogens with zero attached hydrogens (tertiary/aromatic N) is 4. The van der Waals surface area contributed by atoms with Crippen molar-refractivity contribution in [3.8, 4) is 17.4 Å². The Kier molecular flexibility index (Phi) is 6.53. The number of ether oxygens (including phenoxy) is 2. The number of halogens is 3. The molecular weight excluding hydrogens is 421 g/mol. The summed E-state index contributed by atoms with van der Waals surface area (Å²) >= 11 is 0. The van der Waals surface area contributed by atoms with Crippen molar-refractivity contribution in [1.29, 1.82) is 0 Å². The van der Waals surface area contributed by atoms with Gasteiger partial charge in [0.25, 0.3) is 0 Å². The number of hydrogen-bond donors (Lipinski definition) is 0. The summed E-state index contributed by atoms with van der Waals surface area (Å²) < 4.78 is 47.1. The van der Waals surface area contributed by atoms with Crippen molar-refractivity contribution in [1.82, 2.24) is 15.2 Å². The third-order valence-electron chi connectivity index (χ3n) is 4.85. The number of rotatable bonds is 6. The van der Waals surface area contributed by atoms with Crippen LogP contribution in [0.1, 0.15) is 18.4 Å². The number of piperidine rings is 1. The summed E-state index contributed by atoms with van der Waals surface area (Å²) in [5.74, 6) is 1.78. The van der Waals surface area contributed by atoms with Gasteiger partial charge in [-0.2, -0.15) is 18.3 Å². The first-order valence-corrected chi connectivity index (χ1v) is 10.1. The lowest BCUT2D eigenvalue weighted by Gasteiger charge is -2.29. The lowest BCUT2D eigenvalue weighted by molar-refractivity contribution is -0.153. The highest BCUT2D eigenvalue weighted by Crippen LogP contribution is 2.26. The van der Waals surface area contributed by atoms with Gasteiger partial charge >= 0.3 is 6.18 Å². The van der Waals surface area contributed by atoms with Gasteiger partial charge < -0.3 is 14.4 Å². The molecule has 0 amide bonds. The van der Waals surface area contributed by atoms with Gasteiger partial charge in [0.1, 0.15) is 11.5 Å². The van der Waals surface area contributed by atoms with Gasteiger partial charge in [0.15, 0.2) is 12.4 Å². The first-order valence-electron chi connectivity index (χ1n) is 10.1. The molecule has 0 N–H and O–H groups in total. The van der Waals surface area contributed by atoms with Gasteiger partial charge in [0, 0.05) is 25.4 Å². The first-order chi connectivity index (χ1) is 15.4. The smallest absolute Gasteiger partial charge is 0.422 e. The summed E-state index contributed by atoms with van der Waals surface area (Å²) in [6.07, 6.45) is 2.50. The molecule has 0 aliphatic carbocycles. The van der Waals surface area contributed by atoms with Crippen LogP contribution in [0, 0.1) is 0 Å². The number of aromatic nitrogens is 3. The summed E-state index contributed by atoms with van der Waals surface area (Å²) in [4.78, 5) is 6.23. The van der Waals surface area contributed by atoms with Crippen LogP contribution in [0.3, 0.4) is 0 Å². The van der Waals surface area contributed by atoms with Crippen LogP contribution < -0.4 is 14.4 Å². The zero-order valence-electron chi connectivity index (χ0n) is 17.1. The van der Waals surface area contributed by atoms with E-state index in [1.807, 2.05) is 30.3 Å². The first kappa shape index (κ1) is 21.6. The second kappa shape index (κ2) is 9.67. The van der Waals surface area contributed by atoms with Crippen LogP contribution in [-0.4, -0.2) is 41.1 Å². The fourth-order valence-corrected chi connectivity index (χ4v) is 3.33. The van der Waals surface area contributed by atoms with Crippen molar-refractivity contribution in [3.63, 3.8) is 0 Å². The second-order valence-corrected chi connectivity index (χ2v) is 7.28. The van der Waals surface area contributed by atoms with E-state index in [1.165, 1.54) is 23.9 Å². The standard InChI is InChI=1S/C23H21F3N4O2/c24-23(25,26)16-31-20-6-7-22(27-15-20)32-19-4-1-3-18(14-19)13-17-8-11-30(12-9-17)21-5-2-10-28-29-21/h1-7,10,13-15H,8-9,11-12,16H2. The molecule has 1 saturated heterocycles. The Morgan fingerprint density at radius 1 is 1.00 bits per heavy atom. The Labute approximate surface area is 183 Å². The van der Waals surface area contributed by atoms with E-state index in [4.69, 9.17) is 4.74 Å². The normalized spacial score (nSPS) is 14.2. The number of hydrogen-bond acceptors (Lipinski definition) is 6. The molecular formula is C23H21F3N4O2. The maximum Gasteiger partial charge on any atom is 0.422 e. The topological polar surface area (TPSA) is 60.4 Å². The molecule has 4 rings (SSSR count). The number of anilines is 1. The van der Waals surface area contributed by atoms with Gasteiger partial charge in [0.2, 0.25) is 5.88 Å². The predicted octanol–water partition coefficient (Wildman–Crippen LogP) is 5.29. The molecule has 3 heterocycles. The highest BCUT2D eigenvalue weighted by Gasteiger charge is 2.28. The molecule has 0 saturated carbocycles. The van der Waals surface area contributed by atoms with Gasteiger partial charge in [-0.15, -0.1) is 5.10 Å². The van der Waals surface area contributed by atoms with Crippen LogP contribution in [0.15, 0.2) is 66.5 Å². The highest BCUT2D eigenvalue weighted by molar-refractivity contribution is 5.56. The Bertz CT molecular complexity index is 1050. The minimum absolute atomic E-state index is 0.0287. The van der Waals surface area contributed by atoms with Crippen molar-refractivity contribution in [3.05, 3.63) is 72.1 Å². The van der Waals surface area contributed by atoms with E-state index in [0.29, 0.717) is 5.75 Å². The van der Waals surface area contributed by atoms with Crippen molar-refractivity contribution < 1.29 is 22.6 Å². The summed E-state index contributed by atoms with van der Waals surface area (Å²) in [6.45, 7) is 0.406. The monoisotopic (exact) mass is 442 g/mol. The lowest BCUT2D eigenvalue weighted by Crippen LogP contribution is -2.31. The predicted molar refractivity (Wildman–Crippen MR) is 114 cm³/mol. The van der Waals surface area contributed by atoms with E-state index in [0.717, 1.165) is 37.3 Å². The molecule has 9 heteroatoms. The number of pyridine rings is 1. The molecule has 0 atom stereocenters. The van der Waals surface area contributed by atoms with Crippen LogP contribution in [0.2, 0.25) is 0 Å². The molecule has 1 fully saturated rings. The van der Waals surface area contributed by atoms with Crippen LogP contribution in [-0.2, 0) is 0 Å². The Balaban J connectivity index is 1.35. The second-order valence-electron chi connectivity index (χ2n) is 7.28. The molecule has 1 aliphatic heterocycles. The summed E-state index contributed by atoms with van der Waals surface area (Å²) in [7, 11) is 0. The van der Waals surface area contributed by atoms with Gasteiger partial charge in [-0.3, -0.25) is 0 Å². The van der Waals surface area contributed by atoms with Crippen LogP contribution >= 0.6 is 0 Å². The average molecular weight is 442 g/mol. The molecule has 1 aromatic carbocycles. The Morgan fingerprint density at radius 3 is 2.53 bits per heavy atom. The fraction of sp³-hybridized carbons (Fsp3) is 0.261.